The second-order valence-electron chi connectivity index (χ2n) is 5.92. The molecule has 140 valence electrons. The van der Waals surface area contributed by atoms with E-state index < -0.39 is 6.61 Å². The van der Waals surface area contributed by atoms with Gasteiger partial charge in [0.15, 0.2) is 6.61 Å². The summed E-state index contributed by atoms with van der Waals surface area (Å²) in [5.41, 5.74) is 0.453. The maximum absolute atomic E-state index is 12.1. The van der Waals surface area contributed by atoms with Crippen molar-refractivity contribution >= 4 is 11.6 Å². The van der Waals surface area contributed by atoms with E-state index in [9.17, 15) is 13.6 Å². The number of carbonyl (C=O) groups excluding carboxylic acids is 1. The molecule has 0 aromatic heterocycles. The van der Waals surface area contributed by atoms with E-state index in [1.54, 1.807) is 18.2 Å². The van der Waals surface area contributed by atoms with E-state index in [1.807, 2.05) is 6.07 Å². The zero-order chi connectivity index (χ0) is 18.9. The topological polar surface area (TPSA) is 56.8 Å². The summed E-state index contributed by atoms with van der Waals surface area (Å²) in [6.45, 7) is 1.62. The van der Waals surface area contributed by atoms with Gasteiger partial charge < -0.3 is 19.5 Å². The van der Waals surface area contributed by atoms with Gasteiger partial charge in [0.2, 0.25) is 0 Å². The van der Waals surface area contributed by atoms with Gasteiger partial charge in [-0.3, -0.25) is 4.79 Å². The number of alkyl halides is 2. The fourth-order valence-electron chi connectivity index (χ4n) is 1.98. The highest BCUT2D eigenvalue weighted by molar-refractivity contribution is 5.91. The molecule has 5 nitrogen and oxygen atoms in total. The number of anilines is 1. The molecule has 0 atom stereocenters. The summed E-state index contributed by atoms with van der Waals surface area (Å²) >= 11 is 0. The van der Waals surface area contributed by atoms with Crippen LogP contribution in [0.2, 0.25) is 0 Å². The van der Waals surface area contributed by atoms with Crippen LogP contribution in [-0.4, -0.2) is 25.7 Å². The minimum atomic E-state index is -2.89. The summed E-state index contributed by atoms with van der Waals surface area (Å²) in [7, 11) is 0. The first kappa shape index (κ1) is 19.5. The van der Waals surface area contributed by atoms with Crippen LogP contribution in [0.5, 0.6) is 17.2 Å². The van der Waals surface area contributed by atoms with Crippen molar-refractivity contribution in [3.05, 3.63) is 48.5 Å². The summed E-state index contributed by atoms with van der Waals surface area (Å²) in [4.78, 5) is 11.9. The molecule has 0 unspecified atom stereocenters. The average molecular weight is 365 g/mol. The average Bonchev–Trinajstić information content (AvgIpc) is 2.60. The first-order chi connectivity index (χ1) is 12.4. The molecule has 0 aliphatic carbocycles. The van der Waals surface area contributed by atoms with Gasteiger partial charge in [0.05, 0.1) is 6.61 Å². The van der Waals surface area contributed by atoms with E-state index in [0.29, 0.717) is 29.7 Å². The van der Waals surface area contributed by atoms with Gasteiger partial charge in [0, 0.05) is 11.8 Å². The molecule has 0 saturated heterocycles. The van der Waals surface area contributed by atoms with Crippen LogP contribution >= 0.6 is 0 Å². The smallest absolute Gasteiger partial charge is 0.387 e. The standard InChI is InChI=1S/C19H21F2NO4/c1-13(2)11-24-16-4-3-5-17(10-16)25-12-18(23)22-14-6-8-15(9-7-14)26-19(20)21/h3-10,13,19H,11-12H2,1-2H3,(H,22,23). The molecule has 0 aliphatic heterocycles. The lowest BCUT2D eigenvalue weighted by Crippen LogP contribution is -2.20. The van der Waals surface area contributed by atoms with Gasteiger partial charge in [0.1, 0.15) is 17.2 Å². The highest BCUT2D eigenvalue weighted by Gasteiger charge is 2.07. The van der Waals surface area contributed by atoms with Gasteiger partial charge in [0.25, 0.3) is 5.91 Å². The molecule has 26 heavy (non-hydrogen) atoms. The number of ether oxygens (including phenoxy) is 3. The molecule has 2 rings (SSSR count). The lowest BCUT2D eigenvalue weighted by atomic mass is 10.2. The van der Waals surface area contributed by atoms with Crippen LogP contribution in [0.1, 0.15) is 13.8 Å². The maximum Gasteiger partial charge on any atom is 0.387 e. The highest BCUT2D eigenvalue weighted by atomic mass is 19.3. The molecule has 1 amide bonds. The second kappa shape index (κ2) is 9.60. The third-order valence-electron chi connectivity index (χ3n) is 3.12. The lowest BCUT2D eigenvalue weighted by Gasteiger charge is -2.11. The Kier molecular flexibility index (Phi) is 7.20. The van der Waals surface area contributed by atoms with Crippen molar-refractivity contribution in [1.29, 1.82) is 0 Å². The van der Waals surface area contributed by atoms with Crippen LogP contribution in [0.25, 0.3) is 0 Å². The summed E-state index contributed by atoms with van der Waals surface area (Å²) in [5.74, 6) is 1.24. The van der Waals surface area contributed by atoms with Gasteiger partial charge in [-0.15, -0.1) is 0 Å². The Hall–Kier alpha value is -2.83. The predicted molar refractivity (Wildman–Crippen MR) is 94.0 cm³/mol. The summed E-state index contributed by atoms with van der Waals surface area (Å²) < 4.78 is 39.5. The normalized spacial score (nSPS) is 10.7. The SMILES string of the molecule is CC(C)COc1cccc(OCC(=O)Nc2ccc(OC(F)F)cc2)c1. The number of halogens is 2. The molecule has 0 bridgehead atoms. The van der Waals surface area contributed by atoms with E-state index in [2.05, 4.69) is 23.9 Å². The Bertz CT molecular complexity index is 705. The van der Waals surface area contributed by atoms with Crippen LogP contribution in [-0.2, 0) is 4.79 Å². The first-order valence-corrected chi connectivity index (χ1v) is 8.13. The molecular weight excluding hydrogens is 344 g/mol. The van der Waals surface area contributed by atoms with Crippen molar-refractivity contribution in [1.82, 2.24) is 0 Å². The fraction of sp³-hybridized carbons (Fsp3) is 0.316. The largest absolute Gasteiger partial charge is 0.493 e. The molecule has 0 saturated carbocycles. The monoisotopic (exact) mass is 365 g/mol. The Balaban J connectivity index is 1.82. The van der Waals surface area contributed by atoms with Crippen LogP contribution in [0, 0.1) is 5.92 Å². The van der Waals surface area contributed by atoms with Crippen molar-refractivity contribution in [3.63, 3.8) is 0 Å². The fourth-order valence-corrected chi connectivity index (χ4v) is 1.98. The number of rotatable bonds is 9. The molecule has 7 heteroatoms. The third kappa shape index (κ3) is 6.96. The Morgan fingerprint density at radius 1 is 1.00 bits per heavy atom. The number of carbonyl (C=O) groups is 1. The second-order valence-corrected chi connectivity index (χ2v) is 5.92. The number of hydrogen-bond acceptors (Lipinski definition) is 4. The van der Waals surface area contributed by atoms with Gasteiger partial charge in [-0.1, -0.05) is 19.9 Å². The predicted octanol–water partition coefficient (Wildman–Crippen LogP) is 4.34. The molecule has 2 aromatic rings. The molecule has 0 spiro atoms. The molecule has 0 fully saturated rings. The first-order valence-electron chi connectivity index (χ1n) is 8.13. The van der Waals surface area contributed by atoms with E-state index >= 15 is 0 Å². The van der Waals surface area contributed by atoms with Crippen molar-refractivity contribution in [3.8, 4) is 17.2 Å². The van der Waals surface area contributed by atoms with Gasteiger partial charge >= 0.3 is 6.61 Å². The summed E-state index contributed by atoms with van der Waals surface area (Å²) in [6, 6.07) is 12.7. The van der Waals surface area contributed by atoms with Crippen molar-refractivity contribution in [2.45, 2.75) is 20.5 Å². The molecule has 0 aliphatic rings. The highest BCUT2D eigenvalue weighted by Crippen LogP contribution is 2.20. The van der Waals surface area contributed by atoms with Gasteiger partial charge in [-0.05, 0) is 42.3 Å². The van der Waals surface area contributed by atoms with Crippen LogP contribution in [0.4, 0.5) is 14.5 Å². The minimum absolute atomic E-state index is 0.0208. The minimum Gasteiger partial charge on any atom is -0.493 e. The van der Waals surface area contributed by atoms with E-state index in [4.69, 9.17) is 9.47 Å². The molecule has 2 aromatic carbocycles. The summed E-state index contributed by atoms with van der Waals surface area (Å²) in [6.07, 6.45) is 0. The Labute approximate surface area is 150 Å². The molecular formula is C19H21F2NO4. The van der Waals surface area contributed by atoms with E-state index in [0.717, 1.165) is 0 Å². The molecule has 0 heterocycles. The number of benzene rings is 2. The van der Waals surface area contributed by atoms with E-state index in [1.165, 1.54) is 24.3 Å². The number of nitrogens with one attached hydrogen (secondary N) is 1. The number of amides is 1. The Morgan fingerprint density at radius 3 is 2.27 bits per heavy atom. The van der Waals surface area contributed by atoms with Crippen LogP contribution in [0.15, 0.2) is 48.5 Å². The lowest BCUT2D eigenvalue weighted by molar-refractivity contribution is -0.118. The molecule has 1 N–H and O–H groups in total. The zero-order valence-corrected chi connectivity index (χ0v) is 14.6. The zero-order valence-electron chi connectivity index (χ0n) is 14.6. The number of hydrogen-bond donors (Lipinski definition) is 1. The quantitative estimate of drug-likeness (QED) is 0.718. The van der Waals surface area contributed by atoms with E-state index in [-0.39, 0.29) is 18.3 Å². The van der Waals surface area contributed by atoms with Crippen molar-refractivity contribution in [2.24, 2.45) is 5.92 Å². The maximum atomic E-state index is 12.1. The summed E-state index contributed by atoms with van der Waals surface area (Å²) in [5, 5.41) is 2.61. The van der Waals surface area contributed by atoms with Gasteiger partial charge in [-0.25, -0.2) is 0 Å². The van der Waals surface area contributed by atoms with Crippen LogP contribution < -0.4 is 19.5 Å². The third-order valence-corrected chi connectivity index (χ3v) is 3.12. The van der Waals surface area contributed by atoms with Crippen molar-refractivity contribution in [2.75, 3.05) is 18.5 Å². The van der Waals surface area contributed by atoms with Crippen molar-refractivity contribution < 1.29 is 27.8 Å². The Morgan fingerprint density at radius 2 is 1.65 bits per heavy atom. The van der Waals surface area contributed by atoms with Crippen LogP contribution in [0.3, 0.4) is 0 Å². The molecule has 0 radical (unpaired) electrons. The van der Waals surface area contributed by atoms with Gasteiger partial charge in [-0.2, -0.15) is 8.78 Å².